The van der Waals surface area contributed by atoms with E-state index < -0.39 is 18.0 Å². The molecule has 0 aromatic rings. The lowest BCUT2D eigenvalue weighted by molar-refractivity contribution is -0.140. The Bertz CT molecular complexity index is 382. The van der Waals surface area contributed by atoms with Crippen LogP contribution in [0.15, 0.2) is 12.2 Å². The van der Waals surface area contributed by atoms with Gasteiger partial charge in [-0.2, -0.15) is 0 Å². The van der Waals surface area contributed by atoms with Crippen LogP contribution < -0.4 is 5.32 Å². The Labute approximate surface area is 159 Å². The number of carboxylic acid groups (broad SMARTS) is 2. The van der Waals surface area contributed by atoms with E-state index in [1.807, 2.05) is 0 Å². The van der Waals surface area contributed by atoms with Crippen LogP contribution in [0.3, 0.4) is 0 Å². The van der Waals surface area contributed by atoms with Gasteiger partial charge >= 0.3 is 11.9 Å². The maximum atomic E-state index is 11.0. The first-order valence-corrected chi connectivity index (χ1v) is 10.4. The van der Waals surface area contributed by atoms with Crippen LogP contribution in [0.1, 0.15) is 96.8 Å². The molecule has 0 heterocycles. The summed E-state index contributed by atoms with van der Waals surface area (Å²) in [7, 11) is 0. The Kier molecular flexibility index (Phi) is 17.5. The van der Waals surface area contributed by atoms with E-state index in [1.165, 1.54) is 64.2 Å². The van der Waals surface area contributed by atoms with E-state index in [0.29, 0.717) is 6.54 Å². The fourth-order valence-corrected chi connectivity index (χ4v) is 2.88. The average Bonchev–Trinajstić information content (AvgIpc) is 2.60. The Balaban J connectivity index is 3.40. The van der Waals surface area contributed by atoms with Crippen LogP contribution in [-0.2, 0) is 9.59 Å². The molecule has 152 valence electrons. The molecule has 0 aliphatic rings. The van der Waals surface area contributed by atoms with Crippen molar-refractivity contribution in [3.8, 4) is 0 Å². The molecule has 0 rings (SSSR count). The number of allylic oxidation sites excluding steroid dienone is 2. The van der Waals surface area contributed by atoms with E-state index in [4.69, 9.17) is 10.2 Å². The molecule has 0 radical (unpaired) electrons. The molecule has 0 aromatic carbocycles. The molecule has 0 saturated carbocycles. The third kappa shape index (κ3) is 17.5. The van der Waals surface area contributed by atoms with Gasteiger partial charge in [0, 0.05) is 6.42 Å². The first-order valence-electron chi connectivity index (χ1n) is 10.4. The fourth-order valence-electron chi connectivity index (χ4n) is 2.88. The quantitative estimate of drug-likeness (QED) is 0.216. The number of aliphatic carboxylic acids is 2. The molecule has 3 N–H and O–H groups in total. The zero-order valence-corrected chi connectivity index (χ0v) is 16.5. The van der Waals surface area contributed by atoms with Crippen LogP contribution in [0.4, 0.5) is 0 Å². The van der Waals surface area contributed by atoms with E-state index in [-0.39, 0.29) is 12.8 Å². The average molecular weight is 370 g/mol. The maximum absolute atomic E-state index is 11.0. The second-order valence-electron chi connectivity index (χ2n) is 7.01. The fraction of sp³-hybridized carbons (Fsp3) is 0.810. The minimum absolute atomic E-state index is 0.114. The molecular weight excluding hydrogens is 330 g/mol. The number of carboxylic acids is 2. The molecule has 5 nitrogen and oxygen atoms in total. The van der Waals surface area contributed by atoms with E-state index in [2.05, 4.69) is 24.4 Å². The van der Waals surface area contributed by atoms with Crippen molar-refractivity contribution in [2.75, 3.05) is 6.54 Å². The van der Waals surface area contributed by atoms with Crippen LogP contribution in [0, 0.1) is 0 Å². The molecule has 0 unspecified atom stereocenters. The predicted molar refractivity (Wildman–Crippen MR) is 107 cm³/mol. The minimum atomic E-state index is -0.968. The second kappa shape index (κ2) is 18.4. The van der Waals surface area contributed by atoms with Gasteiger partial charge in [0.05, 0.1) is 0 Å². The highest BCUT2D eigenvalue weighted by molar-refractivity contribution is 5.75. The molecular formula is C21H39NO4. The van der Waals surface area contributed by atoms with Crippen LogP contribution >= 0.6 is 0 Å². The van der Waals surface area contributed by atoms with Crippen molar-refractivity contribution < 1.29 is 19.8 Å². The maximum Gasteiger partial charge on any atom is 0.320 e. The number of nitrogens with one attached hydrogen (secondary N) is 1. The summed E-state index contributed by atoms with van der Waals surface area (Å²) in [5.74, 6) is -1.92. The first-order chi connectivity index (χ1) is 12.6. The molecule has 26 heavy (non-hydrogen) atoms. The van der Waals surface area contributed by atoms with Gasteiger partial charge in [0.25, 0.3) is 0 Å². The summed E-state index contributed by atoms with van der Waals surface area (Å²) in [6.45, 7) is 2.87. The first kappa shape index (κ1) is 24.6. The molecule has 0 bridgehead atoms. The van der Waals surface area contributed by atoms with Gasteiger partial charge in [-0.25, -0.2) is 0 Å². The van der Waals surface area contributed by atoms with Crippen molar-refractivity contribution in [2.24, 2.45) is 0 Å². The van der Waals surface area contributed by atoms with Crippen molar-refractivity contribution in [1.29, 1.82) is 0 Å². The molecule has 0 fully saturated rings. The zero-order chi connectivity index (χ0) is 19.5. The van der Waals surface area contributed by atoms with Gasteiger partial charge < -0.3 is 15.5 Å². The summed E-state index contributed by atoms with van der Waals surface area (Å²) < 4.78 is 0. The van der Waals surface area contributed by atoms with Crippen molar-refractivity contribution in [1.82, 2.24) is 5.32 Å². The van der Waals surface area contributed by atoms with Gasteiger partial charge in [0.15, 0.2) is 0 Å². The van der Waals surface area contributed by atoms with E-state index in [0.717, 1.165) is 12.8 Å². The summed E-state index contributed by atoms with van der Waals surface area (Å²) in [5.41, 5.74) is 0. The van der Waals surface area contributed by atoms with Gasteiger partial charge in [-0.3, -0.25) is 9.59 Å². The van der Waals surface area contributed by atoms with Gasteiger partial charge in [-0.05, 0) is 45.1 Å². The highest BCUT2D eigenvalue weighted by Gasteiger charge is 2.17. The Morgan fingerprint density at radius 1 is 0.846 bits per heavy atom. The van der Waals surface area contributed by atoms with E-state index in [1.54, 1.807) is 0 Å². The predicted octanol–water partition coefficient (Wildman–Crippen LogP) is 5.15. The molecule has 1 atom stereocenters. The largest absolute Gasteiger partial charge is 0.481 e. The molecule has 0 aromatic heterocycles. The number of hydrogen-bond acceptors (Lipinski definition) is 3. The SMILES string of the molecule is CCCCCC/C=C\CCCCCCCCN[C@@H](CCC(=O)O)C(=O)O. The normalized spacial score (nSPS) is 12.5. The number of unbranched alkanes of at least 4 members (excludes halogenated alkanes) is 10. The van der Waals surface area contributed by atoms with E-state index in [9.17, 15) is 9.59 Å². The van der Waals surface area contributed by atoms with E-state index >= 15 is 0 Å². The standard InChI is InChI=1S/C21H39NO4/c1-2-3-4-5-6-7-8-9-10-11-12-13-14-15-18-22-19(21(25)26)16-17-20(23)24/h7-8,19,22H,2-6,9-18H2,1H3,(H,23,24)(H,25,26)/b8-7-/t19-/m0/s1. The van der Waals surface area contributed by atoms with Gasteiger partial charge in [0.1, 0.15) is 6.04 Å². The molecule has 0 amide bonds. The Hall–Kier alpha value is -1.36. The summed E-state index contributed by atoms with van der Waals surface area (Å²) >= 11 is 0. The molecule has 0 spiro atoms. The highest BCUT2D eigenvalue weighted by Crippen LogP contribution is 2.09. The molecule has 0 aliphatic heterocycles. The van der Waals surface area contributed by atoms with Gasteiger partial charge in [-0.15, -0.1) is 0 Å². The lowest BCUT2D eigenvalue weighted by Crippen LogP contribution is -2.37. The van der Waals surface area contributed by atoms with Crippen LogP contribution in [0.25, 0.3) is 0 Å². The van der Waals surface area contributed by atoms with Crippen molar-refractivity contribution in [3.05, 3.63) is 12.2 Å². The van der Waals surface area contributed by atoms with Crippen molar-refractivity contribution in [3.63, 3.8) is 0 Å². The second-order valence-corrected chi connectivity index (χ2v) is 7.01. The zero-order valence-electron chi connectivity index (χ0n) is 16.5. The van der Waals surface area contributed by atoms with Gasteiger partial charge in [-0.1, -0.05) is 64.0 Å². The lowest BCUT2D eigenvalue weighted by Gasteiger charge is -2.13. The molecule has 5 heteroatoms. The summed E-state index contributed by atoms with van der Waals surface area (Å²) in [6, 6.07) is -0.750. The van der Waals surface area contributed by atoms with Crippen molar-refractivity contribution in [2.45, 2.75) is 103 Å². The molecule has 0 aliphatic carbocycles. The lowest BCUT2D eigenvalue weighted by atomic mass is 10.1. The minimum Gasteiger partial charge on any atom is -0.481 e. The number of carbonyl (C=O) groups is 2. The van der Waals surface area contributed by atoms with Crippen LogP contribution in [-0.4, -0.2) is 34.7 Å². The van der Waals surface area contributed by atoms with Crippen LogP contribution in [0.5, 0.6) is 0 Å². The number of hydrogen-bond donors (Lipinski definition) is 3. The third-order valence-corrected chi connectivity index (χ3v) is 4.52. The Morgan fingerprint density at radius 2 is 1.38 bits per heavy atom. The third-order valence-electron chi connectivity index (χ3n) is 4.52. The molecule has 0 saturated heterocycles. The van der Waals surface area contributed by atoms with Crippen LogP contribution in [0.2, 0.25) is 0 Å². The highest BCUT2D eigenvalue weighted by atomic mass is 16.4. The van der Waals surface area contributed by atoms with Gasteiger partial charge in [0.2, 0.25) is 0 Å². The number of rotatable bonds is 19. The topological polar surface area (TPSA) is 86.6 Å². The monoisotopic (exact) mass is 369 g/mol. The van der Waals surface area contributed by atoms with Crippen molar-refractivity contribution >= 4 is 11.9 Å². The Morgan fingerprint density at radius 3 is 1.92 bits per heavy atom. The smallest absolute Gasteiger partial charge is 0.320 e. The summed E-state index contributed by atoms with van der Waals surface area (Å²) in [5, 5.41) is 20.6. The summed E-state index contributed by atoms with van der Waals surface area (Å²) in [4.78, 5) is 21.5. The summed E-state index contributed by atoms with van der Waals surface area (Å²) in [6.07, 6.45) is 19.3.